The lowest BCUT2D eigenvalue weighted by Gasteiger charge is -2.08. The Balaban J connectivity index is 3.54. The molecule has 0 saturated carbocycles. The highest BCUT2D eigenvalue weighted by molar-refractivity contribution is 5.79. The first kappa shape index (κ1) is 9.70. The molecule has 0 spiro atoms. The summed E-state index contributed by atoms with van der Waals surface area (Å²) in [5.41, 5.74) is 0. The minimum absolute atomic E-state index is 0.250. The second kappa shape index (κ2) is 4.51. The fourth-order valence-corrected chi connectivity index (χ4v) is 0.334. The summed E-state index contributed by atoms with van der Waals surface area (Å²) in [4.78, 5) is 20.9. The van der Waals surface area contributed by atoms with Gasteiger partial charge < -0.3 is 10.1 Å². The van der Waals surface area contributed by atoms with Gasteiger partial charge in [0.25, 0.3) is 0 Å². The Morgan fingerprint density at radius 1 is 1.64 bits per heavy atom. The van der Waals surface area contributed by atoms with Crippen LogP contribution in [0, 0.1) is 0 Å². The van der Waals surface area contributed by atoms with E-state index in [1.807, 2.05) is 0 Å². The minimum Gasteiger partial charge on any atom is -0.468 e. The van der Waals surface area contributed by atoms with Gasteiger partial charge in [-0.15, -0.1) is 0 Å². The van der Waals surface area contributed by atoms with E-state index in [1.54, 1.807) is 0 Å². The lowest BCUT2D eigenvalue weighted by molar-refractivity contribution is -0.139. The average molecular weight is 162 g/mol. The molecule has 0 heterocycles. The maximum absolute atomic E-state index is 10.5. The molecule has 0 aromatic carbocycles. The van der Waals surface area contributed by atoms with Crippen molar-refractivity contribution < 1.29 is 19.5 Å². The van der Waals surface area contributed by atoms with Crippen LogP contribution in [0.25, 0.3) is 0 Å². The van der Waals surface area contributed by atoms with Crippen LogP contribution in [0.15, 0.2) is 0 Å². The van der Waals surface area contributed by atoms with Crippen LogP contribution in [0.4, 0.5) is 4.79 Å². The maximum Gasteiger partial charge on any atom is 0.341 e. The van der Waals surface area contributed by atoms with Gasteiger partial charge in [-0.1, -0.05) is 0 Å². The molecule has 64 valence electrons. The Labute approximate surface area is 63.7 Å². The Kier molecular flexibility index (Phi) is 3.97. The van der Waals surface area contributed by atoms with E-state index in [-0.39, 0.29) is 6.54 Å². The molecular formula is C5H10N2O4. The van der Waals surface area contributed by atoms with Crippen LogP contribution in [0.3, 0.4) is 0 Å². The monoisotopic (exact) mass is 162 g/mol. The first-order valence-corrected chi connectivity index (χ1v) is 2.85. The first-order chi connectivity index (χ1) is 5.07. The molecule has 0 bridgehead atoms. The topological polar surface area (TPSA) is 78.9 Å². The van der Waals surface area contributed by atoms with E-state index in [1.165, 1.54) is 7.11 Å². The van der Waals surface area contributed by atoms with Crippen LogP contribution >= 0.6 is 0 Å². The minimum atomic E-state index is -0.754. The number of methoxy groups -OCH3 is 1. The Morgan fingerprint density at radius 3 is 2.55 bits per heavy atom. The number of urea groups is 1. The van der Waals surface area contributed by atoms with E-state index in [2.05, 4.69) is 10.1 Å². The van der Waals surface area contributed by atoms with Gasteiger partial charge in [-0.25, -0.2) is 9.86 Å². The largest absolute Gasteiger partial charge is 0.468 e. The van der Waals surface area contributed by atoms with Gasteiger partial charge in [-0.05, 0) is 0 Å². The molecule has 6 nitrogen and oxygen atoms in total. The van der Waals surface area contributed by atoms with Crippen molar-refractivity contribution in [2.45, 2.75) is 0 Å². The van der Waals surface area contributed by atoms with Gasteiger partial charge in [-0.3, -0.25) is 10.0 Å². The highest BCUT2D eigenvalue weighted by atomic mass is 16.5. The third kappa shape index (κ3) is 4.15. The number of ether oxygens (including phenoxy) is 1. The Morgan fingerprint density at radius 2 is 2.18 bits per heavy atom. The van der Waals surface area contributed by atoms with Crippen molar-refractivity contribution in [2.75, 3.05) is 20.7 Å². The lowest BCUT2D eigenvalue weighted by Crippen LogP contribution is -2.38. The Bertz CT molecular complexity index is 157. The number of hydrogen-bond donors (Lipinski definition) is 2. The molecule has 0 aliphatic carbocycles. The number of amides is 2. The van der Waals surface area contributed by atoms with Gasteiger partial charge in [0.15, 0.2) is 0 Å². The molecule has 0 atom stereocenters. The van der Waals surface area contributed by atoms with Gasteiger partial charge in [0.05, 0.1) is 7.11 Å². The summed E-state index contributed by atoms with van der Waals surface area (Å²) in [5.74, 6) is -0.569. The summed E-state index contributed by atoms with van der Waals surface area (Å²) in [6, 6.07) is -0.754. The normalized spacial score (nSPS) is 8.64. The van der Waals surface area contributed by atoms with Crippen LogP contribution in [0.1, 0.15) is 0 Å². The zero-order valence-corrected chi connectivity index (χ0v) is 6.33. The zero-order valence-electron chi connectivity index (χ0n) is 6.33. The molecule has 0 aliphatic heterocycles. The van der Waals surface area contributed by atoms with Gasteiger partial charge in [0.1, 0.15) is 6.54 Å². The van der Waals surface area contributed by atoms with Crippen LogP contribution < -0.4 is 5.32 Å². The number of hydrogen-bond acceptors (Lipinski definition) is 4. The van der Waals surface area contributed by atoms with Crippen molar-refractivity contribution in [3.8, 4) is 0 Å². The first-order valence-electron chi connectivity index (χ1n) is 2.85. The molecule has 11 heavy (non-hydrogen) atoms. The van der Waals surface area contributed by atoms with Gasteiger partial charge >= 0.3 is 12.0 Å². The molecule has 0 rings (SSSR count). The number of esters is 1. The van der Waals surface area contributed by atoms with Crippen molar-refractivity contribution in [2.24, 2.45) is 0 Å². The summed E-state index contributed by atoms with van der Waals surface area (Å²) < 4.78 is 4.23. The van der Waals surface area contributed by atoms with Crippen LogP contribution in [-0.4, -0.2) is 43.0 Å². The fourth-order valence-electron chi connectivity index (χ4n) is 0.334. The second-order valence-corrected chi connectivity index (χ2v) is 1.76. The van der Waals surface area contributed by atoms with Gasteiger partial charge in [-0.2, -0.15) is 0 Å². The molecule has 0 radical (unpaired) electrons. The van der Waals surface area contributed by atoms with Crippen molar-refractivity contribution in [1.82, 2.24) is 10.4 Å². The quantitative estimate of drug-likeness (QED) is 0.316. The number of rotatable bonds is 2. The SMILES string of the molecule is COC(=O)CNC(=O)N(C)O. The zero-order chi connectivity index (χ0) is 8.85. The summed E-state index contributed by atoms with van der Waals surface area (Å²) in [6.45, 7) is -0.250. The third-order valence-electron chi connectivity index (χ3n) is 0.906. The van der Waals surface area contributed by atoms with Gasteiger partial charge in [0.2, 0.25) is 0 Å². The molecule has 2 amide bonds. The third-order valence-corrected chi connectivity index (χ3v) is 0.906. The summed E-state index contributed by atoms with van der Waals surface area (Å²) >= 11 is 0. The number of carbonyl (C=O) groups excluding carboxylic acids is 2. The molecule has 0 aromatic rings. The fraction of sp³-hybridized carbons (Fsp3) is 0.600. The molecule has 0 saturated heterocycles. The molecule has 0 aliphatic rings. The highest BCUT2D eigenvalue weighted by Crippen LogP contribution is 1.76. The molecule has 0 aromatic heterocycles. The van der Waals surface area contributed by atoms with E-state index in [9.17, 15) is 9.59 Å². The van der Waals surface area contributed by atoms with E-state index in [0.717, 1.165) is 7.05 Å². The predicted octanol–water partition coefficient (Wildman–Crippen LogP) is -0.810. The van der Waals surface area contributed by atoms with E-state index < -0.39 is 12.0 Å². The van der Waals surface area contributed by atoms with Crippen molar-refractivity contribution in [3.05, 3.63) is 0 Å². The second-order valence-electron chi connectivity index (χ2n) is 1.76. The van der Waals surface area contributed by atoms with Gasteiger partial charge in [0, 0.05) is 7.05 Å². The highest BCUT2D eigenvalue weighted by Gasteiger charge is 2.06. The van der Waals surface area contributed by atoms with Crippen molar-refractivity contribution in [1.29, 1.82) is 0 Å². The molecule has 2 N–H and O–H groups in total. The van der Waals surface area contributed by atoms with Crippen molar-refractivity contribution in [3.63, 3.8) is 0 Å². The molecular weight excluding hydrogens is 152 g/mol. The number of nitrogens with one attached hydrogen (secondary N) is 1. The van der Waals surface area contributed by atoms with Crippen molar-refractivity contribution >= 4 is 12.0 Å². The van der Waals surface area contributed by atoms with E-state index in [0.29, 0.717) is 5.06 Å². The summed E-state index contributed by atoms with van der Waals surface area (Å²) in [5, 5.41) is 10.9. The standard InChI is InChI=1S/C5H10N2O4/c1-7(10)5(9)6-3-4(8)11-2/h10H,3H2,1-2H3,(H,6,9). The Hall–Kier alpha value is -1.30. The number of carbonyl (C=O) groups is 2. The molecule has 6 heteroatoms. The average Bonchev–Trinajstić information content (AvgIpc) is 1.99. The predicted molar refractivity (Wildman–Crippen MR) is 35.0 cm³/mol. The summed E-state index contributed by atoms with van der Waals surface area (Å²) in [6.07, 6.45) is 0. The van der Waals surface area contributed by atoms with E-state index >= 15 is 0 Å². The maximum atomic E-state index is 10.5. The summed E-state index contributed by atoms with van der Waals surface area (Å²) in [7, 11) is 2.35. The number of nitrogens with zero attached hydrogens (tertiary/aromatic N) is 1. The van der Waals surface area contributed by atoms with Crippen LogP contribution in [-0.2, 0) is 9.53 Å². The smallest absolute Gasteiger partial charge is 0.341 e. The van der Waals surface area contributed by atoms with Crippen LogP contribution in [0.2, 0.25) is 0 Å². The molecule has 0 fully saturated rings. The molecule has 0 unspecified atom stereocenters. The lowest BCUT2D eigenvalue weighted by atomic mass is 10.6. The number of hydroxylamine groups is 2. The van der Waals surface area contributed by atoms with E-state index in [4.69, 9.17) is 5.21 Å². The van der Waals surface area contributed by atoms with Crippen LogP contribution in [0.5, 0.6) is 0 Å².